The Balaban J connectivity index is 2.12. The zero-order chi connectivity index (χ0) is 16.9. The van der Waals surface area contributed by atoms with Crippen molar-refractivity contribution in [2.45, 2.75) is 64.7 Å². The fourth-order valence-electron chi connectivity index (χ4n) is 3.85. The first-order valence-electron chi connectivity index (χ1n) is 8.45. The van der Waals surface area contributed by atoms with E-state index in [0.717, 1.165) is 26.2 Å². The number of carbonyl (C=O) groups excluding carboxylic acids is 1. The maximum absolute atomic E-state index is 13.0. The van der Waals surface area contributed by atoms with Gasteiger partial charge in [0, 0.05) is 49.3 Å². The molecular formula is C17H34N4O. The lowest BCUT2D eigenvalue weighted by molar-refractivity contribution is -0.0151. The summed E-state index contributed by atoms with van der Waals surface area (Å²) in [4.78, 5) is 21.9. The smallest absolute Gasteiger partial charge is 0.320 e. The number of likely N-dealkylation sites (N-methyl/N-ethyl adjacent to an activating group) is 2. The second-order valence-corrected chi connectivity index (χ2v) is 8.59. The Hall–Kier alpha value is -0.810. The summed E-state index contributed by atoms with van der Waals surface area (Å²) in [5, 5.41) is 0. The van der Waals surface area contributed by atoms with Crippen LogP contribution in [0, 0.1) is 0 Å². The fraction of sp³-hybridized carbons (Fsp3) is 0.941. The molecule has 0 bridgehead atoms. The number of amides is 2. The van der Waals surface area contributed by atoms with Crippen molar-refractivity contribution in [2.75, 3.05) is 40.3 Å². The first-order valence-corrected chi connectivity index (χ1v) is 8.45. The number of hydrogen-bond donors (Lipinski definition) is 0. The summed E-state index contributed by atoms with van der Waals surface area (Å²) in [7, 11) is 4.32. The van der Waals surface area contributed by atoms with E-state index in [1.54, 1.807) is 0 Å². The van der Waals surface area contributed by atoms with E-state index in [4.69, 9.17) is 0 Å². The molecule has 2 fully saturated rings. The number of nitrogens with zero attached hydrogens (tertiary/aromatic N) is 4. The minimum Gasteiger partial charge on any atom is -0.321 e. The van der Waals surface area contributed by atoms with Gasteiger partial charge in [-0.1, -0.05) is 0 Å². The van der Waals surface area contributed by atoms with Crippen LogP contribution in [0.4, 0.5) is 4.79 Å². The minimum absolute atomic E-state index is 0.0288. The molecule has 5 nitrogen and oxygen atoms in total. The summed E-state index contributed by atoms with van der Waals surface area (Å²) in [6.07, 6.45) is 0. The Morgan fingerprint density at radius 2 is 1.14 bits per heavy atom. The minimum atomic E-state index is 0.0288. The largest absolute Gasteiger partial charge is 0.321 e. The SMILES string of the molecule is CC1CN(C(=O)N2CC(C)N(C)C(C)(C)C2)CC(C)(C)N1C. The Morgan fingerprint density at radius 3 is 1.41 bits per heavy atom. The van der Waals surface area contributed by atoms with Crippen molar-refractivity contribution >= 4 is 6.03 Å². The molecule has 2 aliphatic heterocycles. The predicted octanol–water partition coefficient (Wildman–Crippen LogP) is 1.94. The Morgan fingerprint density at radius 1 is 0.818 bits per heavy atom. The molecule has 2 unspecified atom stereocenters. The number of carbonyl (C=O) groups is 1. The number of urea groups is 1. The third kappa shape index (κ3) is 3.11. The zero-order valence-electron chi connectivity index (χ0n) is 15.7. The average molecular weight is 310 g/mol. The fourth-order valence-corrected chi connectivity index (χ4v) is 3.85. The lowest BCUT2D eigenvalue weighted by Gasteiger charge is -2.53. The third-order valence-electron chi connectivity index (χ3n) is 5.90. The molecule has 0 saturated carbocycles. The Kier molecular flexibility index (Phi) is 4.53. The molecule has 2 aliphatic rings. The van der Waals surface area contributed by atoms with E-state index in [2.05, 4.69) is 75.2 Å². The van der Waals surface area contributed by atoms with Gasteiger partial charge in [0.2, 0.25) is 0 Å². The summed E-state index contributed by atoms with van der Waals surface area (Å²) in [5.74, 6) is 0. The molecule has 2 saturated heterocycles. The normalized spacial score (nSPS) is 33.1. The lowest BCUT2D eigenvalue weighted by atomic mass is 9.95. The van der Waals surface area contributed by atoms with Gasteiger partial charge in [-0.15, -0.1) is 0 Å². The maximum atomic E-state index is 13.0. The van der Waals surface area contributed by atoms with E-state index in [-0.39, 0.29) is 17.1 Å². The molecule has 0 spiro atoms. The van der Waals surface area contributed by atoms with Crippen LogP contribution >= 0.6 is 0 Å². The molecule has 22 heavy (non-hydrogen) atoms. The highest BCUT2D eigenvalue weighted by Gasteiger charge is 2.42. The standard InChI is InChI=1S/C17H34N4O/c1-13-9-20(11-16(3,4)18(13)7)15(22)21-10-14(2)19(8)17(5,6)12-21/h13-14H,9-12H2,1-8H3. The first-order chi connectivity index (χ1) is 9.95. The van der Waals surface area contributed by atoms with Crippen molar-refractivity contribution in [3.05, 3.63) is 0 Å². The Labute approximate surface area is 136 Å². The van der Waals surface area contributed by atoms with Crippen LogP contribution in [0.25, 0.3) is 0 Å². The summed E-state index contributed by atoms with van der Waals surface area (Å²) < 4.78 is 0. The van der Waals surface area contributed by atoms with Gasteiger partial charge in [0.05, 0.1) is 0 Å². The van der Waals surface area contributed by atoms with Gasteiger partial charge < -0.3 is 9.80 Å². The van der Waals surface area contributed by atoms with Gasteiger partial charge in [-0.2, -0.15) is 0 Å². The molecule has 2 amide bonds. The maximum Gasteiger partial charge on any atom is 0.320 e. The number of rotatable bonds is 0. The van der Waals surface area contributed by atoms with Gasteiger partial charge in [-0.25, -0.2) is 4.79 Å². The van der Waals surface area contributed by atoms with Crippen molar-refractivity contribution in [2.24, 2.45) is 0 Å². The van der Waals surface area contributed by atoms with Gasteiger partial charge in [-0.3, -0.25) is 9.80 Å². The highest BCUT2D eigenvalue weighted by Crippen LogP contribution is 2.27. The Bertz CT molecular complexity index is 396. The molecule has 0 radical (unpaired) electrons. The topological polar surface area (TPSA) is 30.0 Å². The van der Waals surface area contributed by atoms with Crippen LogP contribution in [0.1, 0.15) is 41.5 Å². The third-order valence-corrected chi connectivity index (χ3v) is 5.90. The first kappa shape index (κ1) is 17.5. The van der Waals surface area contributed by atoms with Crippen molar-refractivity contribution in [1.29, 1.82) is 0 Å². The molecule has 2 atom stereocenters. The molecule has 0 aromatic rings. The summed E-state index contributed by atoms with van der Waals surface area (Å²) in [5.41, 5.74) is 0.0576. The summed E-state index contributed by atoms with van der Waals surface area (Å²) in [6.45, 7) is 16.5. The van der Waals surface area contributed by atoms with Gasteiger partial charge in [0.15, 0.2) is 0 Å². The van der Waals surface area contributed by atoms with E-state index < -0.39 is 0 Å². The molecular weight excluding hydrogens is 276 g/mol. The quantitative estimate of drug-likeness (QED) is 0.685. The molecule has 2 rings (SSSR count). The zero-order valence-corrected chi connectivity index (χ0v) is 15.7. The second-order valence-electron chi connectivity index (χ2n) is 8.59. The predicted molar refractivity (Wildman–Crippen MR) is 91.2 cm³/mol. The summed E-state index contributed by atoms with van der Waals surface area (Å²) >= 11 is 0. The lowest BCUT2D eigenvalue weighted by Crippen LogP contribution is -2.68. The van der Waals surface area contributed by atoms with E-state index in [9.17, 15) is 4.79 Å². The molecule has 0 aromatic heterocycles. The van der Waals surface area contributed by atoms with Crippen LogP contribution in [0.5, 0.6) is 0 Å². The van der Waals surface area contributed by atoms with Gasteiger partial charge in [-0.05, 0) is 55.6 Å². The van der Waals surface area contributed by atoms with E-state index >= 15 is 0 Å². The van der Waals surface area contributed by atoms with E-state index in [0.29, 0.717) is 12.1 Å². The van der Waals surface area contributed by atoms with Crippen molar-refractivity contribution in [3.63, 3.8) is 0 Å². The number of hydrogen-bond acceptors (Lipinski definition) is 3. The van der Waals surface area contributed by atoms with Crippen LogP contribution < -0.4 is 0 Å². The monoisotopic (exact) mass is 310 g/mol. The molecule has 0 aromatic carbocycles. The van der Waals surface area contributed by atoms with Gasteiger partial charge in [0.1, 0.15) is 0 Å². The van der Waals surface area contributed by atoms with Crippen molar-refractivity contribution in [1.82, 2.24) is 19.6 Å². The molecule has 5 heteroatoms. The second kappa shape index (κ2) is 5.68. The number of piperazine rings is 2. The molecule has 0 aliphatic carbocycles. The molecule has 128 valence electrons. The van der Waals surface area contributed by atoms with E-state index in [1.165, 1.54) is 0 Å². The molecule has 0 N–H and O–H groups in total. The van der Waals surface area contributed by atoms with Gasteiger partial charge >= 0.3 is 6.03 Å². The van der Waals surface area contributed by atoms with E-state index in [1.807, 2.05) is 0 Å². The van der Waals surface area contributed by atoms with Gasteiger partial charge in [0.25, 0.3) is 0 Å². The highest BCUT2D eigenvalue weighted by molar-refractivity contribution is 5.75. The average Bonchev–Trinajstić information content (AvgIpc) is 2.40. The van der Waals surface area contributed by atoms with Crippen molar-refractivity contribution < 1.29 is 4.79 Å². The molecule has 2 heterocycles. The van der Waals surface area contributed by atoms with Crippen LogP contribution in [-0.4, -0.2) is 89.1 Å². The highest BCUT2D eigenvalue weighted by atomic mass is 16.2. The van der Waals surface area contributed by atoms with Crippen LogP contribution in [0.2, 0.25) is 0 Å². The van der Waals surface area contributed by atoms with Crippen LogP contribution in [-0.2, 0) is 0 Å². The van der Waals surface area contributed by atoms with Crippen LogP contribution in [0.15, 0.2) is 0 Å². The van der Waals surface area contributed by atoms with Crippen molar-refractivity contribution in [3.8, 4) is 0 Å². The van der Waals surface area contributed by atoms with Crippen LogP contribution in [0.3, 0.4) is 0 Å². The summed E-state index contributed by atoms with van der Waals surface area (Å²) in [6, 6.07) is 0.997.